The van der Waals surface area contributed by atoms with E-state index >= 15 is 0 Å². The van der Waals surface area contributed by atoms with Crippen LogP contribution >= 0.6 is 11.6 Å². The van der Waals surface area contributed by atoms with Crippen molar-refractivity contribution in [1.29, 1.82) is 0 Å². The van der Waals surface area contributed by atoms with Gasteiger partial charge in [-0.3, -0.25) is 9.59 Å². The summed E-state index contributed by atoms with van der Waals surface area (Å²) in [6.45, 7) is 1.09. The highest BCUT2D eigenvalue weighted by molar-refractivity contribution is 6.38. The van der Waals surface area contributed by atoms with E-state index in [2.05, 4.69) is 10.6 Å². The molecule has 130 valence electrons. The van der Waals surface area contributed by atoms with Gasteiger partial charge >= 0.3 is 0 Å². The summed E-state index contributed by atoms with van der Waals surface area (Å²) >= 11 is 6.14. The summed E-state index contributed by atoms with van der Waals surface area (Å²) in [4.78, 5) is 22.7. The van der Waals surface area contributed by atoms with Crippen molar-refractivity contribution in [1.82, 2.24) is 5.32 Å². The minimum atomic E-state index is -1.22. The number of carbonyl (C=O) groups is 2. The zero-order valence-electron chi connectivity index (χ0n) is 12.9. The summed E-state index contributed by atoms with van der Waals surface area (Å²) in [5, 5.41) is 4.92. The third-order valence-corrected chi connectivity index (χ3v) is 4.37. The van der Waals surface area contributed by atoms with Crippen LogP contribution in [-0.2, 0) is 16.2 Å². The van der Waals surface area contributed by atoms with Crippen LogP contribution in [0.2, 0.25) is 0 Å². The van der Waals surface area contributed by atoms with E-state index in [4.69, 9.17) is 11.6 Å². The Morgan fingerprint density at radius 2 is 1.84 bits per heavy atom. The Morgan fingerprint density at radius 1 is 1.20 bits per heavy atom. The van der Waals surface area contributed by atoms with E-state index in [1.807, 2.05) is 0 Å². The summed E-state index contributed by atoms with van der Waals surface area (Å²) in [5.41, 5.74) is 0.662. The Labute approximate surface area is 146 Å². The van der Waals surface area contributed by atoms with Crippen LogP contribution in [0.4, 0.5) is 18.9 Å². The van der Waals surface area contributed by atoms with Crippen molar-refractivity contribution >= 4 is 29.1 Å². The molecule has 2 aromatic rings. The van der Waals surface area contributed by atoms with E-state index in [0.29, 0.717) is 23.4 Å². The van der Waals surface area contributed by atoms with Crippen LogP contribution in [0.15, 0.2) is 30.3 Å². The zero-order chi connectivity index (χ0) is 18.4. The molecule has 0 aromatic heterocycles. The Morgan fingerprint density at radius 3 is 2.48 bits per heavy atom. The van der Waals surface area contributed by atoms with Crippen LogP contribution in [0.25, 0.3) is 0 Å². The van der Waals surface area contributed by atoms with Gasteiger partial charge in [0.05, 0.1) is 0 Å². The number of hydrogen-bond acceptors (Lipinski definition) is 2. The van der Waals surface area contributed by atoms with Crippen LogP contribution in [0.1, 0.15) is 28.4 Å². The van der Waals surface area contributed by atoms with Gasteiger partial charge in [-0.05, 0) is 19.1 Å². The van der Waals surface area contributed by atoms with E-state index in [-0.39, 0.29) is 5.56 Å². The molecule has 1 atom stereocenters. The summed E-state index contributed by atoms with van der Waals surface area (Å²) < 4.78 is 40.0. The lowest BCUT2D eigenvalue weighted by atomic mass is 10.00. The third-order valence-electron chi connectivity index (χ3n) is 3.99. The average molecular weight is 369 g/mol. The summed E-state index contributed by atoms with van der Waals surface area (Å²) in [6.07, 6.45) is 0. The quantitative estimate of drug-likeness (QED) is 0.815. The first-order chi connectivity index (χ1) is 11.7. The number of halogens is 4. The lowest BCUT2D eigenvalue weighted by Crippen LogP contribution is -2.24. The Bertz CT molecular complexity index is 876. The minimum absolute atomic E-state index is 0.177. The fraction of sp³-hybridized carbons (Fsp3) is 0.176. The second-order valence-corrected chi connectivity index (χ2v) is 6.50. The van der Waals surface area contributed by atoms with E-state index in [1.54, 1.807) is 0 Å². The first kappa shape index (κ1) is 17.3. The minimum Gasteiger partial charge on any atom is -0.348 e. The molecular formula is C17H12ClF3N2O2. The van der Waals surface area contributed by atoms with Crippen LogP contribution in [0.3, 0.4) is 0 Å². The average Bonchev–Trinajstić information content (AvgIpc) is 2.75. The first-order valence-corrected chi connectivity index (χ1v) is 7.64. The molecule has 1 aliphatic heterocycles. The maximum absolute atomic E-state index is 13.6. The normalized spacial score (nSPS) is 18.7. The molecule has 3 rings (SSSR count). The number of rotatable bonds is 3. The van der Waals surface area contributed by atoms with Crippen LogP contribution < -0.4 is 10.6 Å². The highest BCUT2D eigenvalue weighted by Gasteiger charge is 2.41. The molecule has 4 nitrogen and oxygen atoms in total. The largest absolute Gasteiger partial charge is 0.348 e. The second-order valence-electron chi connectivity index (χ2n) is 5.75. The third kappa shape index (κ3) is 3.07. The van der Waals surface area contributed by atoms with Crippen molar-refractivity contribution < 1.29 is 22.8 Å². The molecule has 25 heavy (non-hydrogen) atoms. The lowest BCUT2D eigenvalue weighted by Gasteiger charge is -2.12. The standard InChI is InChI=1S/C17H12ClF3N2O2/c1-17(18)11-3-2-8(4-14(11)23-16(17)25)15(24)22-7-10-12(20)5-9(19)6-13(10)21/h2-6H,7H2,1H3,(H,22,24)(H,23,25). The topological polar surface area (TPSA) is 58.2 Å². The maximum Gasteiger partial charge on any atom is 0.251 e. The van der Waals surface area contributed by atoms with Gasteiger partial charge in [-0.1, -0.05) is 6.07 Å². The highest BCUT2D eigenvalue weighted by atomic mass is 35.5. The molecular weight excluding hydrogens is 357 g/mol. The molecule has 0 fully saturated rings. The number of nitrogens with one attached hydrogen (secondary N) is 2. The molecule has 0 saturated heterocycles. The number of alkyl halides is 1. The molecule has 1 heterocycles. The van der Waals surface area contributed by atoms with Gasteiger partial charge in [-0.2, -0.15) is 0 Å². The fourth-order valence-electron chi connectivity index (χ4n) is 2.57. The van der Waals surface area contributed by atoms with Crippen molar-refractivity contribution in [3.05, 3.63) is 64.5 Å². The van der Waals surface area contributed by atoms with Crippen molar-refractivity contribution in [2.24, 2.45) is 0 Å². The molecule has 0 bridgehead atoms. The number of anilines is 1. The molecule has 0 saturated carbocycles. The summed E-state index contributed by atoms with van der Waals surface area (Å²) in [5.74, 6) is -4.22. The van der Waals surface area contributed by atoms with Crippen LogP contribution in [0, 0.1) is 17.5 Å². The number of amides is 2. The van der Waals surface area contributed by atoms with Gasteiger partial charge < -0.3 is 10.6 Å². The Balaban J connectivity index is 1.78. The van der Waals surface area contributed by atoms with Gasteiger partial charge in [0.25, 0.3) is 5.91 Å². The number of hydrogen-bond donors (Lipinski definition) is 2. The molecule has 2 aromatic carbocycles. The van der Waals surface area contributed by atoms with Crippen molar-refractivity contribution in [3.8, 4) is 0 Å². The van der Waals surface area contributed by atoms with Gasteiger partial charge in [0.2, 0.25) is 5.91 Å². The van der Waals surface area contributed by atoms with E-state index in [0.717, 1.165) is 0 Å². The van der Waals surface area contributed by atoms with Crippen molar-refractivity contribution in [2.45, 2.75) is 18.3 Å². The van der Waals surface area contributed by atoms with Gasteiger partial charge in [-0.25, -0.2) is 13.2 Å². The molecule has 8 heteroatoms. The molecule has 2 N–H and O–H groups in total. The first-order valence-electron chi connectivity index (χ1n) is 7.26. The zero-order valence-corrected chi connectivity index (χ0v) is 13.7. The number of benzene rings is 2. The molecule has 1 aliphatic rings. The smallest absolute Gasteiger partial charge is 0.251 e. The lowest BCUT2D eigenvalue weighted by molar-refractivity contribution is -0.117. The number of carbonyl (C=O) groups excluding carboxylic acids is 2. The Hall–Kier alpha value is -2.54. The van der Waals surface area contributed by atoms with Gasteiger partial charge in [0.1, 0.15) is 22.3 Å². The molecule has 0 radical (unpaired) electrons. The molecule has 1 unspecified atom stereocenters. The molecule has 0 spiro atoms. The second kappa shape index (κ2) is 6.07. The summed E-state index contributed by atoms with van der Waals surface area (Å²) in [7, 11) is 0. The van der Waals surface area contributed by atoms with E-state index < -0.39 is 46.2 Å². The van der Waals surface area contributed by atoms with Gasteiger partial charge in [0, 0.05) is 41.1 Å². The van der Waals surface area contributed by atoms with Crippen LogP contribution in [-0.4, -0.2) is 11.8 Å². The SMILES string of the molecule is CC1(Cl)C(=O)Nc2cc(C(=O)NCc3c(F)cc(F)cc3F)ccc21. The monoisotopic (exact) mass is 368 g/mol. The van der Waals surface area contributed by atoms with Gasteiger partial charge in [-0.15, -0.1) is 11.6 Å². The predicted octanol–water partition coefficient (Wildman–Crippen LogP) is 3.44. The Kier molecular flexibility index (Phi) is 4.20. The molecule has 0 aliphatic carbocycles. The molecule has 2 amide bonds. The van der Waals surface area contributed by atoms with E-state index in [1.165, 1.54) is 25.1 Å². The fourth-order valence-corrected chi connectivity index (χ4v) is 2.78. The van der Waals surface area contributed by atoms with Crippen LogP contribution in [0.5, 0.6) is 0 Å². The van der Waals surface area contributed by atoms with Gasteiger partial charge in [0.15, 0.2) is 0 Å². The highest BCUT2D eigenvalue weighted by Crippen LogP contribution is 2.40. The van der Waals surface area contributed by atoms with Crippen molar-refractivity contribution in [3.63, 3.8) is 0 Å². The summed E-state index contributed by atoms with van der Waals surface area (Å²) in [6, 6.07) is 5.49. The maximum atomic E-state index is 13.6. The predicted molar refractivity (Wildman–Crippen MR) is 85.8 cm³/mol. The van der Waals surface area contributed by atoms with E-state index in [9.17, 15) is 22.8 Å². The number of fused-ring (bicyclic) bond motifs is 1. The van der Waals surface area contributed by atoms with Crippen molar-refractivity contribution in [2.75, 3.05) is 5.32 Å².